The minimum absolute atomic E-state index is 0.0374. The van der Waals surface area contributed by atoms with Gasteiger partial charge in [-0.15, -0.1) is 0 Å². The number of fused-ring (bicyclic) bond motifs is 5. The van der Waals surface area contributed by atoms with E-state index in [4.69, 9.17) is 9.47 Å². The van der Waals surface area contributed by atoms with Crippen LogP contribution in [0.25, 0.3) is 11.1 Å². The normalized spacial score (nSPS) is 15.5. The molecule has 1 aliphatic carbocycles. The van der Waals surface area contributed by atoms with Crippen molar-refractivity contribution < 1.29 is 9.47 Å². The Balaban J connectivity index is 1.71. The van der Waals surface area contributed by atoms with Crippen LogP contribution < -0.4 is 9.47 Å². The molecule has 0 fully saturated rings. The molecule has 0 bridgehead atoms. The molecule has 3 aromatic rings. The second-order valence-electron chi connectivity index (χ2n) is 6.81. The molecule has 1 aliphatic heterocycles. The van der Waals surface area contributed by atoms with Gasteiger partial charge in [-0.25, -0.2) is 0 Å². The molecule has 1 heterocycles. The van der Waals surface area contributed by atoms with Gasteiger partial charge in [0.2, 0.25) is 0 Å². The Bertz CT molecular complexity index is 1000. The van der Waals surface area contributed by atoms with E-state index in [0.29, 0.717) is 0 Å². The number of ether oxygens (including phenoxy) is 2. The maximum atomic E-state index is 6.11. The van der Waals surface area contributed by atoms with E-state index in [2.05, 4.69) is 66.2 Å². The quantitative estimate of drug-likeness (QED) is 0.340. The first-order valence-electron chi connectivity index (χ1n) is 7.98. The second-order valence-corrected chi connectivity index (χ2v) is 7.73. The molecule has 0 saturated carbocycles. The Labute approximate surface area is 149 Å². The summed E-state index contributed by atoms with van der Waals surface area (Å²) in [6, 6.07) is 18.7. The van der Waals surface area contributed by atoms with Crippen LogP contribution in [0.3, 0.4) is 0 Å². The average Bonchev–Trinajstić information content (AvgIpc) is 2.79. The van der Waals surface area contributed by atoms with Gasteiger partial charge in [-0.2, -0.15) is 0 Å². The molecule has 0 spiro atoms. The highest BCUT2D eigenvalue weighted by Crippen LogP contribution is 2.55. The van der Waals surface area contributed by atoms with Crippen LogP contribution in [-0.4, -0.2) is 0 Å². The lowest BCUT2D eigenvalue weighted by molar-refractivity contribution is 0.358. The van der Waals surface area contributed by atoms with Crippen LogP contribution in [0, 0.1) is 0 Å². The summed E-state index contributed by atoms with van der Waals surface area (Å²) in [4.78, 5) is 0. The first-order chi connectivity index (χ1) is 11.5. The molecule has 3 aromatic carbocycles. The van der Waals surface area contributed by atoms with Crippen LogP contribution in [0.2, 0.25) is 0 Å². The van der Waals surface area contributed by atoms with E-state index in [1.807, 2.05) is 18.2 Å². The smallest absolute Gasteiger partial charge is 0.171 e. The minimum atomic E-state index is -0.0374. The number of rotatable bonds is 0. The lowest BCUT2D eigenvalue weighted by atomic mass is 9.82. The molecule has 0 aromatic heterocycles. The third-order valence-corrected chi connectivity index (χ3v) is 5.49. The van der Waals surface area contributed by atoms with Gasteiger partial charge in [-0.05, 0) is 52.6 Å². The standard InChI is InChI=1S/C21H15BrO2/c1-21(2)15-6-4-3-5-13(15)14-10-19-20(11-16(14)21)23-17-8-7-12(22)9-18(17)24-19/h3-11H,1-2H3. The van der Waals surface area contributed by atoms with Crippen molar-refractivity contribution >= 4 is 15.9 Å². The maximum Gasteiger partial charge on any atom is 0.171 e. The van der Waals surface area contributed by atoms with Crippen LogP contribution in [0.4, 0.5) is 0 Å². The maximum absolute atomic E-state index is 6.11. The lowest BCUT2D eigenvalue weighted by Crippen LogP contribution is -2.15. The van der Waals surface area contributed by atoms with Gasteiger partial charge in [-0.3, -0.25) is 0 Å². The number of halogens is 1. The lowest BCUT2D eigenvalue weighted by Gasteiger charge is -2.25. The van der Waals surface area contributed by atoms with Crippen LogP contribution in [-0.2, 0) is 5.41 Å². The summed E-state index contributed by atoms with van der Waals surface area (Å²) in [7, 11) is 0. The van der Waals surface area contributed by atoms with Gasteiger partial charge in [0.05, 0.1) is 0 Å². The zero-order chi connectivity index (χ0) is 16.5. The summed E-state index contributed by atoms with van der Waals surface area (Å²) in [6.07, 6.45) is 0. The molecule has 118 valence electrons. The summed E-state index contributed by atoms with van der Waals surface area (Å²) in [5.74, 6) is 3.04. The van der Waals surface area contributed by atoms with Crippen molar-refractivity contribution in [3.8, 4) is 34.1 Å². The van der Waals surface area contributed by atoms with Crippen molar-refractivity contribution in [2.45, 2.75) is 19.3 Å². The average molecular weight is 379 g/mol. The number of hydrogen-bond acceptors (Lipinski definition) is 2. The fourth-order valence-corrected chi connectivity index (χ4v) is 4.09. The van der Waals surface area contributed by atoms with Crippen molar-refractivity contribution in [1.29, 1.82) is 0 Å². The van der Waals surface area contributed by atoms with E-state index in [1.54, 1.807) is 0 Å². The van der Waals surface area contributed by atoms with Crippen LogP contribution in [0.15, 0.2) is 59.1 Å². The molecule has 0 unspecified atom stereocenters. The molecule has 0 amide bonds. The number of hydrogen-bond donors (Lipinski definition) is 0. The largest absolute Gasteiger partial charge is 0.450 e. The van der Waals surface area contributed by atoms with Crippen molar-refractivity contribution in [2.75, 3.05) is 0 Å². The molecular formula is C21H15BrO2. The Kier molecular flexibility index (Phi) is 2.73. The van der Waals surface area contributed by atoms with Gasteiger partial charge in [0.15, 0.2) is 23.0 Å². The zero-order valence-corrected chi connectivity index (χ0v) is 15.0. The summed E-state index contributed by atoms with van der Waals surface area (Å²) in [6.45, 7) is 4.53. The Morgan fingerprint density at radius 2 is 1.42 bits per heavy atom. The third kappa shape index (κ3) is 1.82. The van der Waals surface area contributed by atoms with Crippen LogP contribution >= 0.6 is 15.9 Å². The van der Waals surface area contributed by atoms with Gasteiger partial charge >= 0.3 is 0 Å². The summed E-state index contributed by atoms with van der Waals surface area (Å²) < 4.78 is 13.2. The summed E-state index contributed by atoms with van der Waals surface area (Å²) in [5, 5.41) is 0. The third-order valence-electron chi connectivity index (χ3n) is 4.99. The predicted octanol–water partition coefficient (Wildman–Crippen LogP) is 6.65. The van der Waals surface area contributed by atoms with Crippen molar-refractivity contribution in [3.05, 3.63) is 70.2 Å². The van der Waals surface area contributed by atoms with E-state index in [-0.39, 0.29) is 5.41 Å². The Morgan fingerprint density at radius 3 is 2.29 bits per heavy atom. The second kappa shape index (κ2) is 4.64. The van der Waals surface area contributed by atoms with E-state index >= 15 is 0 Å². The van der Waals surface area contributed by atoms with E-state index < -0.39 is 0 Å². The molecule has 0 radical (unpaired) electrons. The van der Waals surface area contributed by atoms with Gasteiger partial charge in [0, 0.05) is 9.89 Å². The zero-order valence-electron chi connectivity index (χ0n) is 13.4. The molecular weight excluding hydrogens is 364 g/mol. The van der Waals surface area contributed by atoms with Crippen molar-refractivity contribution in [1.82, 2.24) is 0 Å². The first-order valence-corrected chi connectivity index (χ1v) is 8.77. The van der Waals surface area contributed by atoms with E-state index in [1.165, 1.54) is 22.3 Å². The minimum Gasteiger partial charge on any atom is -0.450 e. The van der Waals surface area contributed by atoms with Gasteiger partial charge < -0.3 is 9.47 Å². The van der Waals surface area contributed by atoms with Crippen LogP contribution in [0.5, 0.6) is 23.0 Å². The molecule has 3 heteroatoms. The number of benzene rings is 3. The van der Waals surface area contributed by atoms with Gasteiger partial charge in [0.1, 0.15) is 0 Å². The fourth-order valence-electron chi connectivity index (χ4n) is 3.75. The van der Waals surface area contributed by atoms with E-state index in [9.17, 15) is 0 Å². The fraction of sp³-hybridized carbons (Fsp3) is 0.143. The first kappa shape index (κ1) is 14.1. The van der Waals surface area contributed by atoms with Crippen LogP contribution in [0.1, 0.15) is 25.0 Å². The van der Waals surface area contributed by atoms with Gasteiger partial charge in [-0.1, -0.05) is 54.0 Å². The summed E-state index contributed by atoms with van der Waals surface area (Å²) >= 11 is 3.48. The Morgan fingerprint density at radius 1 is 0.708 bits per heavy atom. The SMILES string of the molecule is CC1(C)c2ccccc2-c2cc3c(cc21)Oc1ccc(Br)cc1O3. The molecule has 2 aliphatic rings. The molecule has 0 N–H and O–H groups in total. The monoisotopic (exact) mass is 378 g/mol. The van der Waals surface area contributed by atoms with Crippen molar-refractivity contribution in [3.63, 3.8) is 0 Å². The highest BCUT2D eigenvalue weighted by Gasteiger charge is 2.37. The molecule has 24 heavy (non-hydrogen) atoms. The van der Waals surface area contributed by atoms with Gasteiger partial charge in [0.25, 0.3) is 0 Å². The molecule has 2 nitrogen and oxygen atoms in total. The highest BCUT2D eigenvalue weighted by molar-refractivity contribution is 9.10. The molecule has 0 atom stereocenters. The summed E-state index contributed by atoms with van der Waals surface area (Å²) in [5.41, 5.74) is 5.11. The van der Waals surface area contributed by atoms with Crippen molar-refractivity contribution in [2.24, 2.45) is 0 Å². The highest BCUT2D eigenvalue weighted by atomic mass is 79.9. The van der Waals surface area contributed by atoms with E-state index in [0.717, 1.165) is 27.5 Å². The molecule has 0 saturated heterocycles. The predicted molar refractivity (Wildman–Crippen MR) is 98.3 cm³/mol. The topological polar surface area (TPSA) is 18.5 Å². The molecule has 5 rings (SSSR count). The Hall–Kier alpha value is -2.26.